The fraction of sp³-hybridized carbons (Fsp3) is 0. The Hall–Kier alpha value is -2.56. The molecule has 0 saturated heterocycles. The quantitative estimate of drug-likeness (QED) is 0.616. The first-order valence-electron chi connectivity index (χ1n) is 5.09. The maximum Gasteiger partial charge on any atom is 0.216 e. The summed E-state index contributed by atoms with van der Waals surface area (Å²) in [7, 11) is 0. The summed E-state index contributed by atoms with van der Waals surface area (Å²) in [6, 6.07) is 5.57. The fourth-order valence-corrected chi connectivity index (χ4v) is 1.66. The normalized spacial score (nSPS) is 10.6. The zero-order valence-corrected chi connectivity index (χ0v) is 8.82. The van der Waals surface area contributed by atoms with E-state index in [1.807, 2.05) is 18.2 Å². The largest absolute Gasteiger partial charge is 0.287 e. The highest BCUT2D eigenvalue weighted by Gasteiger charge is 2.15. The molecule has 3 aromatic rings. The van der Waals surface area contributed by atoms with Gasteiger partial charge in [-0.2, -0.15) is 5.10 Å². The molecule has 0 aromatic carbocycles. The molecular weight excluding hydrogens is 216 g/mol. The molecule has 0 aliphatic rings. The van der Waals surface area contributed by atoms with Gasteiger partial charge in [-0.3, -0.25) is 9.78 Å². The molecule has 3 heterocycles. The van der Waals surface area contributed by atoms with E-state index in [0.717, 1.165) is 5.52 Å². The molecule has 17 heavy (non-hydrogen) atoms. The predicted molar refractivity (Wildman–Crippen MR) is 60.7 cm³/mol. The second-order valence-electron chi connectivity index (χ2n) is 3.51. The van der Waals surface area contributed by atoms with Gasteiger partial charge >= 0.3 is 0 Å². The third-order valence-electron chi connectivity index (χ3n) is 2.47. The molecular formula is C12H8N4O. The van der Waals surface area contributed by atoms with Crippen molar-refractivity contribution in [1.82, 2.24) is 19.6 Å². The molecule has 0 fully saturated rings. The molecule has 3 rings (SSSR count). The van der Waals surface area contributed by atoms with Gasteiger partial charge in [0.05, 0.1) is 23.5 Å². The Labute approximate surface area is 96.8 Å². The molecule has 5 heteroatoms. The smallest absolute Gasteiger partial charge is 0.216 e. The molecule has 0 bridgehead atoms. The second kappa shape index (κ2) is 3.79. The first-order valence-corrected chi connectivity index (χ1v) is 5.09. The van der Waals surface area contributed by atoms with E-state index in [-0.39, 0.29) is 5.78 Å². The van der Waals surface area contributed by atoms with E-state index in [4.69, 9.17) is 0 Å². The van der Waals surface area contributed by atoms with Crippen LogP contribution in [0.3, 0.4) is 0 Å². The molecule has 82 valence electrons. The average molecular weight is 224 g/mol. The van der Waals surface area contributed by atoms with E-state index in [0.29, 0.717) is 11.3 Å². The van der Waals surface area contributed by atoms with Crippen molar-refractivity contribution in [2.75, 3.05) is 0 Å². The van der Waals surface area contributed by atoms with Crippen molar-refractivity contribution in [3.05, 3.63) is 60.4 Å². The number of carbonyl (C=O) groups excluding carboxylic acids is 1. The van der Waals surface area contributed by atoms with Gasteiger partial charge in [-0.15, -0.1) is 0 Å². The van der Waals surface area contributed by atoms with Gasteiger partial charge in [0.1, 0.15) is 5.69 Å². The van der Waals surface area contributed by atoms with E-state index >= 15 is 0 Å². The van der Waals surface area contributed by atoms with Gasteiger partial charge in [0.15, 0.2) is 0 Å². The van der Waals surface area contributed by atoms with E-state index in [1.54, 1.807) is 16.9 Å². The third-order valence-corrected chi connectivity index (χ3v) is 2.47. The highest BCUT2D eigenvalue weighted by Crippen LogP contribution is 2.13. The lowest BCUT2D eigenvalue weighted by atomic mass is 10.1. The summed E-state index contributed by atoms with van der Waals surface area (Å²) in [5, 5.41) is 4.11. The fourth-order valence-electron chi connectivity index (χ4n) is 1.66. The van der Waals surface area contributed by atoms with Crippen LogP contribution >= 0.6 is 0 Å². The maximum atomic E-state index is 12.2. The molecule has 0 amide bonds. The first kappa shape index (κ1) is 9.65. The summed E-state index contributed by atoms with van der Waals surface area (Å²) in [5.41, 5.74) is 1.63. The number of nitrogens with zero attached hydrogens (tertiary/aromatic N) is 4. The van der Waals surface area contributed by atoms with Crippen molar-refractivity contribution in [2.24, 2.45) is 0 Å². The van der Waals surface area contributed by atoms with Crippen molar-refractivity contribution >= 4 is 11.3 Å². The van der Waals surface area contributed by atoms with E-state index in [1.165, 1.54) is 18.6 Å². The lowest BCUT2D eigenvalue weighted by Crippen LogP contribution is -2.03. The van der Waals surface area contributed by atoms with Gasteiger partial charge in [-0.05, 0) is 12.1 Å². The van der Waals surface area contributed by atoms with Gasteiger partial charge in [-0.1, -0.05) is 6.07 Å². The summed E-state index contributed by atoms with van der Waals surface area (Å²) in [6.45, 7) is 0. The third kappa shape index (κ3) is 1.57. The van der Waals surface area contributed by atoms with Gasteiger partial charge in [0, 0.05) is 18.6 Å². The number of fused-ring (bicyclic) bond motifs is 1. The molecule has 0 aliphatic heterocycles. The zero-order chi connectivity index (χ0) is 11.7. The molecule has 0 N–H and O–H groups in total. The maximum absolute atomic E-state index is 12.2. The monoisotopic (exact) mass is 224 g/mol. The molecule has 0 spiro atoms. The zero-order valence-electron chi connectivity index (χ0n) is 8.82. The van der Waals surface area contributed by atoms with Gasteiger partial charge in [0.2, 0.25) is 5.78 Å². The summed E-state index contributed by atoms with van der Waals surface area (Å²) in [4.78, 5) is 20.0. The number of ketones is 1. The lowest BCUT2D eigenvalue weighted by Gasteiger charge is -1.97. The van der Waals surface area contributed by atoms with Crippen LogP contribution in [0.15, 0.2) is 49.2 Å². The van der Waals surface area contributed by atoms with Crippen LogP contribution in [-0.2, 0) is 0 Å². The Bertz CT molecular complexity index is 675. The molecule has 5 nitrogen and oxygen atoms in total. The number of pyridine rings is 1. The van der Waals surface area contributed by atoms with E-state index in [2.05, 4.69) is 15.1 Å². The Morgan fingerprint density at radius 2 is 2.12 bits per heavy atom. The van der Waals surface area contributed by atoms with Crippen LogP contribution in [0.4, 0.5) is 0 Å². The summed E-state index contributed by atoms with van der Waals surface area (Å²) >= 11 is 0. The van der Waals surface area contributed by atoms with Crippen LogP contribution < -0.4 is 0 Å². The Balaban J connectivity index is 2.14. The van der Waals surface area contributed by atoms with E-state index in [9.17, 15) is 4.79 Å². The van der Waals surface area contributed by atoms with Crippen LogP contribution in [0.2, 0.25) is 0 Å². The molecule has 0 radical (unpaired) electrons. The summed E-state index contributed by atoms with van der Waals surface area (Å²) in [5.74, 6) is -0.167. The molecule has 3 aromatic heterocycles. The number of hydrogen-bond acceptors (Lipinski definition) is 4. The van der Waals surface area contributed by atoms with Crippen molar-refractivity contribution in [1.29, 1.82) is 0 Å². The van der Waals surface area contributed by atoms with Crippen LogP contribution in [0.1, 0.15) is 16.1 Å². The standard InChI is InChI=1S/C12H8N4O/c17-12(10-8-13-4-5-14-10)9-7-15-16-6-2-1-3-11(9)16/h1-8H. The van der Waals surface area contributed by atoms with Crippen molar-refractivity contribution in [2.45, 2.75) is 0 Å². The van der Waals surface area contributed by atoms with Gasteiger partial charge in [0.25, 0.3) is 0 Å². The Kier molecular flexibility index (Phi) is 2.15. The highest BCUT2D eigenvalue weighted by molar-refractivity contribution is 6.11. The molecule has 0 saturated carbocycles. The second-order valence-corrected chi connectivity index (χ2v) is 3.51. The summed E-state index contributed by atoms with van der Waals surface area (Å²) in [6.07, 6.45) is 7.83. The molecule has 0 unspecified atom stereocenters. The highest BCUT2D eigenvalue weighted by atomic mass is 16.1. The minimum Gasteiger partial charge on any atom is -0.287 e. The number of rotatable bonds is 2. The summed E-state index contributed by atoms with van der Waals surface area (Å²) < 4.78 is 1.66. The topological polar surface area (TPSA) is 60.2 Å². The van der Waals surface area contributed by atoms with Crippen molar-refractivity contribution < 1.29 is 4.79 Å². The van der Waals surface area contributed by atoms with Gasteiger partial charge < -0.3 is 0 Å². The average Bonchev–Trinajstić information content (AvgIpc) is 2.83. The number of hydrogen-bond donors (Lipinski definition) is 0. The Morgan fingerprint density at radius 1 is 1.18 bits per heavy atom. The Morgan fingerprint density at radius 3 is 2.94 bits per heavy atom. The minimum absolute atomic E-state index is 0.167. The van der Waals surface area contributed by atoms with Crippen LogP contribution in [0, 0.1) is 0 Å². The van der Waals surface area contributed by atoms with Crippen LogP contribution in [-0.4, -0.2) is 25.4 Å². The van der Waals surface area contributed by atoms with E-state index < -0.39 is 0 Å². The van der Waals surface area contributed by atoms with Crippen molar-refractivity contribution in [3.63, 3.8) is 0 Å². The first-order chi connectivity index (χ1) is 8.36. The molecule has 0 aliphatic carbocycles. The predicted octanol–water partition coefficient (Wildman–Crippen LogP) is 1.36. The minimum atomic E-state index is -0.167. The van der Waals surface area contributed by atoms with Gasteiger partial charge in [-0.25, -0.2) is 9.50 Å². The lowest BCUT2D eigenvalue weighted by molar-refractivity contribution is 0.103. The number of carbonyl (C=O) groups is 1. The van der Waals surface area contributed by atoms with Crippen molar-refractivity contribution in [3.8, 4) is 0 Å². The van der Waals surface area contributed by atoms with Crippen LogP contribution in [0.25, 0.3) is 5.52 Å². The van der Waals surface area contributed by atoms with Crippen LogP contribution in [0.5, 0.6) is 0 Å². The SMILES string of the molecule is O=C(c1cnccn1)c1cnn2ccccc12. The number of aromatic nitrogens is 4. The molecule has 0 atom stereocenters.